The lowest BCUT2D eigenvalue weighted by Gasteiger charge is -2.23. The maximum Gasteiger partial charge on any atom is 0.269 e. The molecule has 0 aliphatic heterocycles. The van der Waals surface area contributed by atoms with E-state index < -0.39 is 28.9 Å². The van der Waals surface area contributed by atoms with Crippen molar-refractivity contribution in [1.29, 1.82) is 0 Å². The van der Waals surface area contributed by atoms with Gasteiger partial charge in [-0.25, -0.2) is 0 Å². The van der Waals surface area contributed by atoms with Gasteiger partial charge in [0.2, 0.25) is 5.91 Å². The third kappa shape index (κ3) is 6.16. The first-order chi connectivity index (χ1) is 14.1. The number of amides is 2. The molecule has 0 radical (unpaired) electrons. The number of aliphatic hydroxyl groups excluding tert-OH is 1. The molecular formula is C20H21Cl2N3O5. The molecule has 30 heavy (non-hydrogen) atoms. The van der Waals surface area contributed by atoms with Crippen LogP contribution in [0.15, 0.2) is 42.5 Å². The van der Waals surface area contributed by atoms with Crippen molar-refractivity contribution in [3.63, 3.8) is 0 Å². The summed E-state index contributed by atoms with van der Waals surface area (Å²) in [5.41, 5.74) is 0.503. The average Bonchev–Trinajstić information content (AvgIpc) is 2.69. The predicted molar refractivity (Wildman–Crippen MR) is 114 cm³/mol. The van der Waals surface area contributed by atoms with Gasteiger partial charge in [0, 0.05) is 23.7 Å². The Kier molecular flexibility index (Phi) is 8.16. The number of hydrogen-bond donors (Lipinski definition) is 3. The zero-order valence-corrected chi connectivity index (χ0v) is 17.8. The summed E-state index contributed by atoms with van der Waals surface area (Å²) in [4.78, 5) is 35.3. The van der Waals surface area contributed by atoms with Crippen molar-refractivity contribution in [1.82, 2.24) is 10.6 Å². The van der Waals surface area contributed by atoms with Gasteiger partial charge in [0.1, 0.15) is 6.04 Å². The number of benzene rings is 2. The number of halogens is 2. The Morgan fingerprint density at radius 1 is 1.13 bits per heavy atom. The normalized spacial score (nSPS) is 12.9. The number of aliphatic hydroxyl groups is 1. The third-order valence-corrected chi connectivity index (χ3v) is 4.92. The molecule has 160 valence electrons. The minimum Gasteiger partial charge on any atom is -0.387 e. The molecule has 0 unspecified atom stereocenters. The largest absolute Gasteiger partial charge is 0.387 e. The maximum atomic E-state index is 12.6. The minimum absolute atomic E-state index is 0.0987. The molecule has 2 amide bonds. The van der Waals surface area contributed by atoms with E-state index >= 15 is 0 Å². The molecule has 0 spiro atoms. The van der Waals surface area contributed by atoms with Crippen molar-refractivity contribution in [2.45, 2.75) is 26.0 Å². The summed E-state index contributed by atoms with van der Waals surface area (Å²) in [5, 5.41) is 26.7. The number of nitrogens with one attached hydrogen (secondary N) is 2. The fourth-order valence-electron chi connectivity index (χ4n) is 2.67. The Morgan fingerprint density at radius 2 is 1.77 bits per heavy atom. The smallest absolute Gasteiger partial charge is 0.269 e. The number of nitro groups is 1. The molecule has 0 heterocycles. The Balaban J connectivity index is 2.01. The van der Waals surface area contributed by atoms with Crippen LogP contribution in [0.2, 0.25) is 10.0 Å². The van der Waals surface area contributed by atoms with E-state index in [2.05, 4.69) is 10.6 Å². The van der Waals surface area contributed by atoms with E-state index in [-0.39, 0.29) is 28.7 Å². The van der Waals surface area contributed by atoms with Gasteiger partial charge in [-0.05, 0) is 41.8 Å². The molecule has 0 aliphatic rings. The molecule has 10 heteroatoms. The van der Waals surface area contributed by atoms with Gasteiger partial charge in [-0.3, -0.25) is 19.7 Å². The molecule has 2 aromatic rings. The second-order valence-corrected chi connectivity index (χ2v) is 7.77. The fraction of sp³-hybridized carbons (Fsp3) is 0.300. The molecule has 0 aromatic heterocycles. The first-order valence-corrected chi connectivity index (χ1v) is 9.81. The first-order valence-electron chi connectivity index (χ1n) is 9.06. The standard InChI is InChI=1S/C20H21Cl2N3O5/c1-11(2)18(24-19(27)15-8-5-13(21)9-16(15)22)20(28)23-10-17(26)12-3-6-14(7-4-12)25(29)30/h3-9,11,17-18,26H,10H2,1-2H3,(H,23,28)(H,24,27)/t17-,18+/m0/s1. The molecule has 0 saturated carbocycles. The van der Waals surface area contributed by atoms with Crippen LogP contribution in [0.5, 0.6) is 0 Å². The molecule has 3 N–H and O–H groups in total. The fourth-order valence-corrected chi connectivity index (χ4v) is 3.17. The summed E-state index contributed by atoms with van der Waals surface area (Å²) in [6.45, 7) is 3.40. The highest BCUT2D eigenvalue weighted by molar-refractivity contribution is 6.36. The van der Waals surface area contributed by atoms with Crippen LogP contribution in [0.1, 0.15) is 35.9 Å². The van der Waals surface area contributed by atoms with Crippen molar-refractivity contribution in [3.8, 4) is 0 Å². The number of nitro benzene ring substituents is 1. The monoisotopic (exact) mass is 453 g/mol. The highest BCUT2D eigenvalue weighted by Crippen LogP contribution is 2.21. The SMILES string of the molecule is CC(C)[C@@H](NC(=O)c1ccc(Cl)cc1Cl)C(=O)NC[C@H](O)c1ccc([N+](=O)[O-])cc1. The number of rotatable bonds is 8. The summed E-state index contributed by atoms with van der Waals surface area (Å²) in [6, 6.07) is 8.93. The molecule has 8 nitrogen and oxygen atoms in total. The lowest BCUT2D eigenvalue weighted by atomic mass is 10.0. The van der Waals surface area contributed by atoms with Crippen LogP contribution in [0.25, 0.3) is 0 Å². The van der Waals surface area contributed by atoms with Gasteiger partial charge in [0.05, 0.1) is 21.6 Å². The topological polar surface area (TPSA) is 122 Å². The first kappa shape index (κ1) is 23.6. The van der Waals surface area contributed by atoms with Crippen molar-refractivity contribution < 1.29 is 19.6 Å². The second-order valence-electron chi connectivity index (χ2n) is 6.93. The lowest BCUT2D eigenvalue weighted by Crippen LogP contribution is -2.50. The molecule has 0 fully saturated rings. The molecule has 2 rings (SSSR count). The number of carbonyl (C=O) groups is 2. The maximum absolute atomic E-state index is 12.6. The zero-order chi connectivity index (χ0) is 22.4. The van der Waals surface area contributed by atoms with Crippen LogP contribution in [0.3, 0.4) is 0 Å². The van der Waals surface area contributed by atoms with Gasteiger partial charge in [-0.15, -0.1) is 0 Å². The third-order valence-electron chi connectivity index (χ3n) is 4.37. The van der Waals surface area contributed by atoms with Gasteiger partial charge < -0.3 is 15.7 Å². The van der Waals surface area contributed by atoms with E-state index in [9.17, 15) is 24.8 Å². The minimum atomic E-state index is -1.07. The second kappa shape index (κ2) is 10.4. The zero-order valence-electron chi connectivity index (χ0n) is 16.3. The number of hydrogen-bond acceptors (Lipinski definition) is 5. The molecule has 2 aromatic carbocycles. The number of non-ortho nitro benzene ring substituents is 1. The average molecular weight is 454 g/mol. The van der Waals surface area contributed by atoms with Crippen LogP contribution in [-0.4, -0.2) is 34.4 Å². The van der Waals surface area contributed by atoms with Gasteiger partial charge in [-0.1, -0.05) is 37.0 Å². The van der Waals surface area contributed by atoms with E-state index in [4.69, 9.17) is 23.2 Å². The van der Waals surface area contributed by atoms with Gasteiger partial charge in [-0.2, -0.15) is 0 Å². The van der Waals surface area contributed by atoms with Crippen molar-refractivity contribution >= 4 is 40.7 Å². The van der Waals surface area contributed by atoms with E-state index in [0.717, 1.165) is 0 Å². The van der Waals surface area contributed by atoms with Crippen molar-refractivity contribution in [3.05, 3.63) is 73.8 Å². The van der Waals surface area contributed by atoms with Crippen LogP contribution >= 0.6 is 23.2 Å². The Bertz CT molecular complexity index is 935. The summed E-state index contributed by atoms with van der Waals surface area (Å²) >= 11 is 11.9. The highest BCUT2D eigenvalue weighted by Gasteiger charge is 2.26. The van der Waals surface area contributed by atoms with Gasteiger partial charge >= 0.3 is 0 Å². The van der Waals surface area contributed by atoms with E-state index in [1.165, 1.54) is 42.5 Å². The highest BCUT2D eigenvalue weighted by atomic mass is 35.5. The van der Waals surface area contributed by atoms with Crippen molar-refractivity contribution in [2.75, 3.05) is 6.54 Å². The molecule has 0 aliphatic carbocycles. The van der Waals surface area contributed by atoms with E-state index in [0.29, 0.717) is 10.6 Å². The van der Waals surface area contributed by atoms with Crippen LogP contribution in [0, 0.1) is 16.0 Å². The Hall–Kier alpha value is -2.68. The quantitative estimate of drug-likeness (QED) is 0.416. The van der Waals surface area contributed by atoms with E-state index in [1.807, 2.05) is 0 Å². The van der Waals surface area contributed by atoms with Gasteiger partial charge in [0.25, 0.3) is 11.6 Å². The number of carbonyl (C=O) groups excluding carboxylic acids is 2. The number of nitrogens with zero attached hydrogens (tertiary/aromatic N) is 1. The lowest BCUT2D eigenvalue weighted by molar-refractivity contribution is -0.384. The van der Waals surface area contributed by atoms with Crippen LogP contribution < -0.4 is 10.6 Å². The Morgan fingerprint density at radius 3 is 2.30 bits per heavy atom. The molecule has 0 bridgehead atoms. The van der Waals surface area contributed by atoms with Gasteiger partial charge in [0.15, 0.2) is 0 Å². The summed E-state index contributed by atoms with van der Waals surface area (Å²) in [7, 11) is 0. The summed E-state index contributed by atoms with van der Waals surface area (Å²) in [5.74, 6) is -1.25. The molecule has 0 saturated heterocycles. The van der Waals surface area contributed by atoms with Crippen molar-refractivity contribution in [2.24, 2.45) is 5.92 Å². The van der Waals surface area contributed by atoms with E-state index in [1.54, 1.807) is 13.8 Å². The predicted octanol–water partition coefficient (Wildman–Crippen LogP) is 3.51. The molecular weight excluding hydrogens is 433 g/mol. The molecule has 2 atom stereocenters. The summed E-state index contributed by atoms with van der Waals surface area (Å²) in [6.07, 6.45) is -1.07. The van der Waals surface area contributed by atoms with Crippen LogP contribution in [0.4, 0.5) is 5.69 Å². The van der Waals surface area contributed by atoms with Crippen LogP contribution in [-0.2, 0) is 4.79 Å². The summed E-state index contributed by atoms with van der Waals surface area (Å²) < 4.78 is 0. The Labute approximate surface area is 183 Å².